The molecule has 28 heavy (non-hydrogen) atoms. The number of methoxy groups -OCH3 is 1. The number of thioether (sulfide) groups is 1. The molecule has 0 aliphatic heterocycles. The molecule has 1 amide bonds. The van der Waals surface area contributed by atoms with E-state index in [-0.39, 0.29) is 16.5 Å². The first-order valence-corrected chi connectivity index (χ1v) is 11.0. The molecule has 0 radical (unpaired) electrons. The van der Waals surface area contributed by atoms with Crippen LogP contribution in [0.4, 0.5) is 10.7 Å². The van der Waals surface area contributed by atoms with Crippen molar-refractivity contribution in [2.24, 2.45) is 0 Å². The normalized spacial score (nSPS) is 11.7. The van der Waals surface area contributed by atoms with Crippen molar-refractivity contribution in [1.82, 2.24) is 4.98 Å². The second kappa shape index (κ2) is 8.56. The van der Waals surface area contributed by atoms with Crippen molar-refractivity contribution in [1.29, 1.82) is 0 Å². The third-order valence-electron chi connectivity index (χ3n) is 4.10. The highest BCUT2D eigenvalue weighted by atomic mass is 32.2. The number of thiophene rings is 1. The van der Waals surface area contributed by atoms with Gasteiger partial charge in [-0.1, -0.05) is 23.1 Å². The molecule has 3 rings (SSSR count). The molecular weight excluding hydrogens is 418 g/mol. The van der Waals surface area contributed by atoms with Crippen LogP contribution in [0.3, 0.4) is 0 Å². The predicted octanol–water partition coefficient (Wildman–Crippen LogP) is 5.43. The van der Waals surface area contributed by atoms with Gasteiger partial charge in [0.1, 0.15) is 0 Å². The maximum absolute atomic E-state index is 12.3. The Morgan fingerprint density at radius 3 is 2.79 bits per heavy atom. The summed E-state index contributed by atoms with van der Waals surface area (Å²) in [5.74, 6) is 0.542. The molecule has 0 aliphatic rings. The van der Waals surface area contributed by atoms with E-state index in [2.05, 4.69) is 24.1 Å². The van der Waals surface area contributed by atoms with Gasteiger partial charge in [0.25, 0.3) is 5.91 Å². The van der Waals surface area contributed by atoms with Gasteiger partial charge in [0.05, 0.1) is 25.6 Å². The monoisotopic (exact) mass is 437 g/mol. The minimum atomic E-state index is -0.502. The number of amides is 1. The van der Waals surface area contributed by atoms with E-state index in [4.69, 9.17) is 4.74 Å². The molecular formula is C18H19N3O4S3. The summed E-state index contributed by atoms with van der Waals surface area (Å²) in [6.07, 6.45) is 0.915. The molecule has 0 fully saturated rings. The van der Waals surface area contributed by atoms with Gasteiger partial charge in [0.2, 0.25) is 0 Å². The minimum absolute atomic E-state index is 0.0543. The summed E-state index contributed by atoms with van der Waals surface area (Å²) in [5, 5.41) is 13.5. The summed E-state index contributed by atoms with van der Waals surface area (Å²) in [7, 11) is 1.71. The van der Waals surface area contributed by atoms with E-state index in [0.717, 1.165) is 38.1 Å². The SMILES string of the molecule is COC(C)(C)CCSc1nc2ccc(NC(=O)c3ccc([N+](=O)[O-])s3)cc2s1. The second-order valence-corrected chi connectivity index (χ2v) is 10.0. The smallest absolute Gasteiger partial charge is 0.324 e. The van der Waals surface area contributed by atoms with Crippen molar-refractivity contribution in [2.75, 3.05) is 18.2 Å². The lowest BCUT2D eigenvalue weighted by Gasteiger charge is -2.21. The third-order valence-corrected chi connectivity index (χ3v) is 7.30. The lowest BCUT2D eigenvalue weighted by molar-refractivity contribution is -0.380. The molecule has 3 aromatic rings. The Bertz CT molecular complexity index is 1010. The van der Waals surface area contributed by atoms with E-state index in [9.17, 15) is 14.9 Å². The van der Waals surface area contributed by atoms with Crippen LogP contribution in [-0.4, -0.2) is 34.3 Å². The van der Waals surface area contributed by atoms with Crippen molar-refractivity contribution in [3.05, 3.63) is 45.3 Å². The van der Waals surface area contributed by atoms with E-state index < -0.39 is 4.92 Å². The molecule has 0 aliphatic carbocycles. The van der Waals surface area contributed by atoms with E-state index in [1.54, 1.807) is 36.3 Å². The molecule has 148 valence electrons. The number of ether oxygens (including phenoxy) is 1. The number of hydrogen-bond donors (Lipinski definition) is 1. The van der Waals surface area contributed by atoms with E-state index >= 15 is 0 Å². The number of carbonyl (C=O) groups is 1. The molecule has 2 heterocycles. The van der Waals surface area contributed by atoms with E-state index in [0.29, 0.717) is 10.6 Å². The van der Waals surface area contributed by atoms with Gasteiger partial charge in [-0.3, -0.25) is 14.9 Å². The Balaban J connectivity index is 1.66. The molecule has 0 saturated heterocycles. The number of nitrogens with zero attached hydrogens (tertiary/aromatic N) is 2. The zero-order valence-electron chi connectivity index (χ0n) is 15.6. The summed E-state index contributed by atoms with van der Waals surface area (Å²) in [4.78, 5) is 27.5. The Hall–Kier alpha value is -2.01. The largest absolute Gasteiger partial charge is 0.379 e. The Morgan fingerprint density at radius 1 is 1.32 bits per heavy atom. The first kappa shape index (κ1) is 20.7. The highest BCUT2D eigenvalue weighted by Gasteiger charge is 2.17. The Kier molecular flexibility index (Phi) is 6.33. The molecule has 7 nitrogen and oxygen atoms in total. The zero-order chi connectivity index (χ0) is 20.3. The first-order valence-electron chi connectivity index (χ1n) is 8.41. The first-order chi connectivity index (χ1) is 13.3. The van der Waals surface area contributed by atoms with Crippen LogP contribution in [-0.2, 0) is 4.74 Å². The van der Waals surface area contributed by atoms with Crippen molar-refractivity contribution < 1.29 is 14.5 Å². The fourth-order valence-electron chi connectivity index (χ4n) is 2.27. The number of thiazole rings is 1. The number of fused-ring (bicyclic) bond motifs is 1. The maximum Gasteiger partial charge on any atom is 0.324 e. The van der Waals surface area contributed by atoms with E-state index in [1.165, 1.54) is 12.1 Å². The van der Waals surface area contributed by atoms with Crippen LogP contribution in [0.5, 0.6) is 0 Å². The van der Waals surface area contributed by atoms with Gasteiger partial charge in [-0.25, -0.2) is 4.98 Å². The number of benzene rings is 1. The van der Waals surface area contributed by atoms with Crippen LogP contribution >= 0.6 is 34.4 Å². The van der Waals surface area contributed by atoms with Gasteiger partial charge in [-0.15, -0.1) is 11.3 Å². The number of nitrogens with one attached hydrogen (secondary N) is 1. The van der Waals surface area contributed by atoms with Crippen LogP contribution in [0.15, 0.2) is 34.7 Å². The third kappa shape index (κ3) is 5.07. The fraction of sp³-hybridized carbons (Fsp3) is 0.333. The molecule has 0 unspecified atom stereocenters. The molecule has 0 spiro atoms. The highest BCUT2D eigenvalue weighted by molar-refractivity contribution is 8.01. The number of carbonyl (C=O) groups excluding carboxylic acids is 1. The van der Waals surface area contributed by atoms with E-state index in [1.807, 2.05) is 12.1 Å². The number of rotatable bonds is 8. The van der Waals surface area contributed by atoms with Gasteiger partial charge >= 0.3 is 5.00 Å². The number of anilines is 1. The predicted molar refractivity (Wildman–Crippen MR) is 115 cm³/mol. The van der Waals surface area contributed by atoms with Crippen LogP contribution in [0.25, 0.3) is 10.2 Å². The maximum atomic E-state index is 12.3. The summed E-state index contributed by atoms with van der Waals surface area (Å²) >= 11 is 4.12. The Labute approximate surface area is 174 Å². The summed E-state index contributed by atoms with van der Waals surface area (Å²) in [6.45, 7) is 4.12. The molecule has 1 N–H and O–H groups in total. The molecule has 0 bridgehead atoms. The molecule has 10 heteroatoms. The number of aromatic nitrogens is 1. The number of nitro groups is 1. The van der Waals surface area contributed by atoms with Crippen molar-refractivity contribution >= 4 is 61.2 Å². The molecule has 0 saturated carbocycles. The van der Waals surface area contributed by atoms with Gasteiger partial charge in [0, 0.05) is 24.6 Å². The van der Waals surface area contributed by atoms with Gasteiger partial charge in [-0.05, 0) is 44.5 Å². The second-order valence-electron chi connectivity index (χ2n) is 6.57. The fourth-order valence-corrected chi connectivity index (χ4v) is 5.41. The quantitative estimate of drug-likeness (QED) is 0.287. The van der Waals surface area contributed by atoms with Crippen molar-refractivity contribution in [3.8, 4) is 0 Å². The highest BCUT2D eigenvalue weighted by Crippen LogP contribution is 2.33. The summed E-state index contributed by atoms with van der Waals surface area (Å²) in [6, 6.07) is 8.31. The summed E-state index contributed by atoms with van der Waals surface area (Å²) in [5.41, 5.74) is 1.36. The lowest BCUT2D eigenvalue weighted by atomic mass is 10.1. The van der Waals surface area contributed by atoms with Gasteiger partial charge in [-0.2, -0.15) is 0 Å². The number of hydrogen-bond acceptors (Lipinski definition) is 8. The standard InChI is InChI=1S/C18H19N3O4S3/c1-18(2,25-3)8-9-26-17-20-12-5-4-11(10-14(12)28-17)19-16(22)13-6-7-15(27-13)21(23)24/h4-7,10H,8-9H2,1-3H3,(H,19,22). The van der Waals surface area contributed by atoms with Crippen LogP contribution in [0.2, 0.25) is 0 Å². The van der Waals surface area contributed by atoms with Crippen molar-refractivity contribution in [2.45, 2.75) is 30.2 Å². The van der Waals surface area contributed by atoms with Gasteiger partial charge in [0.15, 0.2) is 4.34 Å². The van der Waals surface area contributed by atoms with Crippen molar-refractivity contribution in [3.63, 3.8) is 0 Å². The zero-order valence-corrected chi connectivity index (χ0v) is 18.0. The van der Waals surface area contributed by atoms with Crippen LogP contribution < -0.4 is 5.32 Å². The molecule has 2 aromatic heterocycles. The molecule has 0 atom stereocenters. The van der Waals surface area contributed by atoms with Gasteiger partial charge < -0.3 is 10.1 Å². The lowest BCUT2D eigenvalue weighted by Crippen LogP contribution is -2.22. The average Bonchev–Trinajstić information content (AvgIpc) is 3.28. The topological polar surface area (TPSA) is 94.4 Å². The Morgan fingerprint density at radius 2 is 2.11 bits per heavy atom. The van der Waals surface area contributed by atoms with Crippen LogP contribution in [0.1, 0.15) is 29.9 Å². The van der Waals surface area contributed by atoms with Crippen LogP contribution in [0, 0.1) is 10.1 Å². The molecule has 1 aromatic carbocycles. The summed E-state index contributed by atoms with van der Waals surface area (Å²) < 4.78 is 7.38. The minimum Gasteiger partial charge on any atom is -0.379 e. The average molecular weight is 438 g/mol.